The number of hydrazone groups is 1. The van der Waals surface area contributed by atoms with Gasteiger partial charge in [0.2, 0.25) is 0 Å². The lowest BCUT2D eigenvalue weighted by molar-refractivity contribution is 0.0953. The molecule has 0 aromatic heterocycles. The van der Waals surface area contributed by atoms with Crippen LogP contribution < -0.4 is 10.3 Å². The maximum Gasteiger partial charge on any atom is 0.271 e. The zero-order valence-electron chi connectivity index (χ0n) is 17.4. The lowest BCUT2D eigenvalue weighted by Crippen LogP contribution is -2.26. The molecule has 5 rings (SSSR count). The van der Waals surface area contributed by atoms with Gasteiger partial charge in [0.1, 0.15) is 0 Å². The second kappa shape index (κ2) is 8.12. The highest BCUT2D eigenvalue weighted by atomic mass is 16.3. The zero-order valence-corrected chi connectivity index (χ0v) is 17.4. The first-order valence-corrected chi connectivity index (χ1v) is 10.3. The highest BCUT2D eigenvalue weighted by Crippen LogP contribution is 2.38. The van der Waals surface area contributed by atoms with E-state index in [4.69, 9.17) is 0 Å². The number of benzene rings is 4. The number of phenolic OH excluding ortho intramolecular Hbond substituents is 2. The molecule has 0 aliphatic carbocycles. The van der Waals surface area contributed by atoms with Crippen molar-refractivity contribution >= 4 is 34.5 Å². The summed E-state index contributed by atoms with van der Waals surface area (Å²) in [7, 11) is 0. The van der Waals surface area contributed by atoms with Crippen molar-refractivity contribution in [1.29, 1.82) is 0 Å². The summed E-state index contributed by atoms with van der Waals surface area (Å²) < 4.78 is 0. The van der Waals surface area contributed by atoms with Gasteiger partial charge in [-0.3, -0.25) is 9.59 Å². The number of aromatic hydroxyl groups is 2. The largest absolute Gasteiger partial charge is 0.504 e. The number of carbonyl (C=O) groups is 2. The summed E-state index contributed by atoms with van der Waals surface area (Å²) in [4.78, 5) is 27.1. The van der Waals surface area contributed by atoms with E-state index >= 15 is 0 Å². The van der Waals surface area contributed by atoms with Crippen molar-refractivity contribution in [2.45, 2.75) is 6.54 Å². The molecule has 7 heteroatoms. The van der Waals surface area contributed by atoms with Crippen LogP contribution >= 0.6 is 0 Å². The first-order valence-electron chi connectivity index (χ1n) is 10.3. The van der Waals surface area contributed by atoms with Gasteiger partial charge in [0.05, 0.1) is 18.4 Å². The molecule has 162 valence electrons. The fourth-order valence-corrected chi connectivity index (χ4v) is 3.93. The van der Waals surface area contributed by atoms with Gasteiger partial charge < -0.3 is 15.1 Å². The second-order valence-corrected chi connectivity index (χ2v) is 7.72. The Morgan fingerprint density at radius 2 is 1.70 bits per heavy atom. The number of carbonyl (C=O) groups excluding carboxylic acids is 2. The number of amides is 2. The highest BCUT2D eigenvalue weighted by molar-refractivity contribution is 6.24. The molecule has 4 aromatic rings. The van der Waals surface area contributed by atoms with E-state index in [9.17, 15) is 19.8 Å². The number of hydrogen-bond acceptors (Lipinski definition) is 5. The lowest BCUT2D eigenvalue weighted by Gasteiger charge is -2.18. The van der Waals surface area contributed by atoms with Crippen LogP contribution in [0.1, 0.15) is 31.8 Å². The fourth-order valence-electron chi connectivity index (χ4n) is 3.93. The number of rotatable bonds is 5. The molecule has 1 aliphatic rings. The standard InChI is InChI=1S/C26H19N3O4/c30-22-12-9-17(13-23(22)31)14-27-28-25(32)19-10-7-16(8-11-19)15-29-21-6-2-4-18-3-1-5-20(24(18)21)26(29)33/h1-14,30-31H,15H2,(H,28,32)/b27-14+. The number of anilines is 1. The molecule has 3 N–H and O–H groups in total. The van der Waals surface area contributed by atoms with Crippen molar-refractivity contribution in [3.63, 3.8) is 0 Å². The Labute approximate surface area is 189 Å². The van der Waals surface area contributed by atoms with Crippen molar-refractivity contribution in [2.24, 2.45) is 5.10 Å². The third kappa shape index (κ3) is 3.76. The third-order valence-corrected chi connectivity index (χ3v) is 5.59. The van der Waals surface area contributed by atoms with Crippen molar-refractivity contribution in [3.05, 3.63) is 101 Å². The molecule has 0 radical (unpaired) electrons. The van der Waals surface area contributed by atoms with Gasteiger partial charge in [-0.1, -0.05) is 36.4 Å². The van der Waals surface area contributed by atoms with Gasteiger partial charge in [-0.2, -0.15) is 5.10 Å². The summed E-state index contributed by atoms with van der Waals surface area (Å²) in [6, 6.07) is 22.8. The quantitative estimate of drug-likeness (QED) is 0.248. The summed E-state index contributed by atoms with van der Waals surface area (Å²) >= 11 is 0. The maximum atomic E-state index is 12.9. The van der Waals surface area contributed by atoms with Crippen LogP contribution in [0.25, 0.3) is 10.8 Å². The molecular weight excluding hydrogens is 418 g/mol. The molecule has 0 atom stereocenters. The predicted molar refractivity (Wildman–Crippen MR) is 126 cm³/mol. The number of nitrogens with zero attached hydrogens (tertiary/aromatic N) is 2. The highest BCUT2D eigenvalue weighted by Gasteiger charge is 2.29. The Morgan fingerprint density at radius 1 is 0.939 bits per heavy atom. The van der Waals surface area contributed by atoms with Crippen LogP contribution in [0.4, 0.5) is 5.69 Å². The minimum absolute atomic E-state index is 0.0294. The summed E-state index contributed by atoms with van der Waals surface area (Å²) in [5.41, 5.74) is 5.86. The van der Waals surface area contributed by atoms with Crippen LogP contribution in [0.3, 0.4) is 0 Å². The monoisotopic (exact) mass is 437 g/mol. The molecule has 0 fully saturated rings. The second-order valence-electron chi connectivity index (χ2n) is 7.72. The maximum absolute atomic E-state index is 12.9. The first kappa shape index (κ1) is 20.3. The molecule has 0 bridgehead atoms. The number of hydrogen-bond donors (Lipinski definition) is 3. The summed E-state index contributed by atoms with van der Waals surface area (Å²) in [6.07, 6.45) is 1.36. The Hall–Kier alpha value is -4.65. The smallest absolute Gasteiger partial charge is 0.271 e. The van der Waals surface area contributed by atoms with E-state index in [1.165, 1.54) is 18.3 Å². The summed E-state index contributed by atoms with van der Waals surface area (Å²) in [6.45, 7) is 0.400. The van der Waals surface area contributed by atoms with Crippen LogP contribution in [0.2, 0.25) is 0 Å². The molecule has 2 amide bonds. The van der Waals surface area contributed by atoms with Crippen LogP contribution in [0, 0.1) is 0 Å². The molecular formula is C26H19N3O4. The molecule has 0 unspecified atom stereocenters. The minimum Gasteiger partial charge on any atom is -0.504 e. The normalized spacial score (nSPS) is 12.6. The van der Waals surface area contributed by atoms with Crippen LogP contribution in [0.5, 0.6) is 11.5 Å². The average Bonchev–Trinajstić information content (AvgIpc) is 3.10. The Balaban J connectivity index is 1.27. The van der Waals surface area contributed by atoms with E-state index in [-0.39, 0.29) is 17.4 Å². The van der Waals surface area contributed by atoms with Crippen LogP contribution in [-0.2, 0) is 6.54 Å². The van der Waals surface area contributed by atoms with E-state index in [1.54, 1.807) is 23.1 Å². The lowest BCUT2D eigenvalue weighted by atomic mass is 10.1. The van der Waals surface area contributed by atoms with E-state index < -0.39 is 5.91 Å². The molecule has 1 heterocycles. The van der Waals surface area contributed by atoms with Crippen molar-refractivity contribution in [3.8, 4) is 11.5 Å². The molecule has 0 saturated heterocycles. The molecule has 33 heavy (non-hydrogen) atoms. The van der Waals surface area contributed by atoms with Crippen molar-refractivity contribution in [1.82, 2.24) is 5.43 Å². The zero-order chi connectivity index (χ0) is 22.9. The fraction of sp³-hybridized carbons (Fsp3) is 0.0385. The Kier molecular flexibility index (Phi) is 4.99. The van der Waals surface area contributed by atoms with Gasteiger partial charge in [-0.05, 0) is 59.0 Å². The van der Waals surface area contributed by atoms with Gasteiger partial charge in [0.25, 0.3) is 11.8 Å². The van der Waals surface area contributed by atoms with Crippen molar-refractivity contribution < 1.29 is 19.8 Å². The summed E-state index contributed by atoms with van der Waals surface area (Å²) in [5.74, 6) is -0.919. The van der Waals surface area contributed by atoms with Crippen LogP contribution in [0.15, 0.2) is 84.0 Å². The summed E-state index contributed by atoms with van der Waals surface area (Å²) in [5, 5.41) is 24.7. The van der Waals surface area contributed by atoms with Gasteiger partial charge in [-0.15, -0.1) is 0 Å². The van der Waals surface area contributed by atoms with Gasteiger partial charge in [0, 0.05) is 16.5 Å². The van der Waals surface area contributed by atoms with Gasteiger partial charge in [-0.25, -0.2) is 5.43 Å². The predicted octanol–water partition coefficient (Wildman–Crippen LogP) is 4.18. The molecule has 1 aliphatic heterocycles. The first-order chi connectivity index (χ1) is 16.0. The topological polar surface area (TPSA) is 102 Å². The van der Waals surface area contributed by atoms with Crippen molar-refractivity contribution in [2.75, 3.05) is 4.90 Å². The molecule has 7 nitrogen and oxygen atoms in total. The van der Waals surface area contributed by atoms with Gasteiger partial charge in [0.15, 0.2) is 11.5 Å². The Morgan fingerprint density at radius 3 is 2.45 bits per heavy atom. The van der Waals surface area contributed by atoms with E-state index in [0.29, 0.717) is 23.2 Å². The molecule has 0 spiro atoms. The SMILES string of the molecule is O=C(N/N=C/c1ccc(O)c(O)c1)c1ccc(CN2C(=O)c3cccc4cccc2c34)cc1. The van der Waals surface area contributed by atoms with Crippen LogP contribution in [-0.4, -0.2) is 28.2 Å². The minimum atomic E-state index is -0.393. The van der Waals surface area contributed by atoms with Gasteiger partial charge >= 0.3 is 0 Å². The third-order valence-electron chi connectivity index (χ3n) is 5.59. The Bertz CT molecular complexity index is 1420. The van der Waals surface area contributed by atoms with E-state index in [2.05, 4.69) is 10.5 Å². The molecule has 0 saturated carbocycles. The number of phenols is 2. The molecule has 4 aromatic carbocycles. The average molecular weight is 437 g/mol. The number of nitrogens with one attached hydrogen (secondary N) is 1. The van der Waals surface area contributed by atoms with E-state index in [0.717, 1.165) is 22.0 Å². The van der Waals surface area contributed by atoms with E-state index in [1.807, 2.05) is 48.5 Å².